The number of nitrogens with zero attached hydrogens (tertiary/aromatic N) is 1. The first-order valence-corrected chi connectivity index (χ1v) is 9.49. The number of para-hydroxylation sites is 1. The number of aromatic nitrogens is 2. The van der Waals surface area contributed by atoms with Crippen molar-refractivity contribution in [3.63, 3.8) is 0 Å². The number of rotatable bonds is 1. The summed E-state index contributed by atoms with van der Waals surface area (Å²) in [6.07, 6.45) is 0. The quantitative estimate of drug-likeness (QED) is 0.349. The summed E-state index contributed by atoms with van der Waals surface area (Å²) in [6, 6.07) is 27.6. The summed E-state index contributed by atoms with van der Waals surface area (Å²) in [6.45, 7) is 0. The molecule has 0 amide bonds. The van der Waals surface area contributed by atoms with E-state index in [0.717, 1.165) is 16.0 Å². The van der Waals surface area contributed by atoms with E-state index in [0.29, 0.717) is 0 Å². The summed E-state index contributed by atoms with van der Waals surface area (Å²) in [5.41, 5.74) is 4.61. The van der Waals surface area contributed by atoms with Gasteiger partial charge in [0.1, 0.15) is 5.01 Å². The lowest BCUT2D eigenvalue weighted by Crippen LogP contribution is -1.79. The fourth-order valence-corrected chi connectivity index (χ4v) is 4.98. The Bertz CT molecular complexity index is 1420. The van der Waals surface area contributed by atoms with E-state index in [2.05, 4.69) is 77.8 Å². The Morgan fingerprint density at radius 2 is 1.38 bits per heavy atom. The van der Waals surface area contributed by atoms with Gasteiger partial charge in [0.15, 0.2) is 0 Å². The third-order valence-corrected chi connectivity index (χ3v) is 6.17. The number of benzene rings is 4. The molecule has 26 heavy (non-hydrogen) atoms. The van der Waals surface area contributed by atoms with E-state index in [9.17, 15) is 0 Å². The fraction of sp³-hybridized carbons (Fsp3) is 0. The number of nitrogens with one attached hydrogen (secondary N) is 1. The number of fused-ring (bicyclic) bond motifs is 8. The van der Waals surface area contributed by atoms with Crippen LogP contribution in [0.4, 0.5) is 0 Å². The molecule has 0 saturated heterocycles. The monoisotopic (exact) mass is 350 g/mol. The summed E-state index contributed by atoms with van der Waals surface area (Å²) in [4.78, 5) is 8.71. The van der Waals surface area contributed by atoms with Gasteiger partial charge in [-0.1, -0.05) is 72.8 Å². The highest BCUT2D eigenvalue weighted by molar-refractivity contribution is 7.22. The molecule has 0 atom stereocenters. The second-order valence-electron chi connectivity index (χ2n) is 6.53. The molecule has 2 heterocycles. The second kappa shape index (κ2) is 5.16. The van der Waals surface area contributed by atoms with Crippen LogP contribution in [0.25, 0.3) is 53.4 Å². The van der Waals surface area contributed by atoms with Crippen LogP contribution < -0.4 is 0 Å². The van der Waals surface area contributed by atoms with Crippen molar-refractivity contribution in [3.05, 3.63) is 78.9 Å². The molecule has 0 bridgehead atoms. The van der Waals surface area contributed by atoms with Gasteiger partial charge in [-0.25, -0.2) is 4.98 Å². The summed E-state index contributed by atoms with van der Waals surface area (Å²) >= 11 is 1.78. The van der Waals surface area contributed by atoms with Crippen LogP contribution in [0.1, 0.15) is 0 Å². The van der Waals surface area contributed by atoms with Gasteiger partial charge in [-0.2, -0.15) is 0 Å². The third kappa shape index (κ3) is 1.83. The molecule has 0 saturated carbocycles. The van der Waals surface area contributed by atoms with E-state index in [1.807, 2.05) is 6.07 Å². The van der Waals surface area contributed by atoms with Crippen LogP contribution in [-0.4, -0.2) is 9.97 Å². The van der Waals surface area contributed by atoms with Crippen molar-refractivity contribution in [3.8, 4) is 10.6 Å². The first kappa shape index (κ1) is 14.0. The fourth-order valence-electron chi connectivity index (χ4n) is 3.87. The number of aromatic amines is 1. The van der Waals surface area contributed by atoms with E-state index in [-0.39, 0.29) is 0 Å². The van der Waals surface area contributed by atoms with Crippen LogP contribution in [0, 0.1) is 0 Å². The highest BCUT2D eigenvalue weighted by atomic mass is 32.1. The molecule has 3 heteroatoms. The summed E-state index contributed by atoms with van der Waals surface area (Å²) in [5, 5.41) is 6.06. The van der Waals surface area contributed by atoms with Crippen molar-refractivity contribution in [2.24, 2.45) is 0 Å². The number of thiazole rings is 1. The molecule has 0 spiro atoms. The molecule has 0 radical (unpaired) electrons. The number of H-pyrrole nitrogens is 1. The standard InChI is InChI=1S/C23H14N2S/c1-2-8-14(9-3-1)23-25-21-19-17-12-6-7-13-18(17)24-20(19)15-10-4-5-11-16(15)22(21)26-23/h1-13,24H. The molecule has 6 aromatic rings. The van der Waals surface area contributed by atoms with Crippen molar-refractivity contribution in [1.29, 1.82) is 0 Å². The van der Waals surface area contributed by atoms with Gasteiger partial charge < -0.3 is 4.98 Å². The van der Waals surface area contributed by atoms with Gasteiger partial charge in [0.2, 0.25) is 0 Å². The zero-order chi connectivity index (χ0) is 17.1. The van der Waals surface area contributed by atoms with Gasteiger partial charge in [-0.15, -0.1) is 11.3 Å². The summed E-state index contributed by atoms with van der Waals surface area (Å²) in [7, 11) is 0. The lowest BCUT2D eigenvalue weighted by molar-refractivity contribution is 1.49. The van der Waals surface area contributed by atoms with Gasteiger partial charge in [0.25, 0.3) is 0 Å². The van der Waals surface area contributed by atoms with Gasteiger partial charge in [0.05, 0.1) is 15.7 Å². The molecule has 0 aliphatic heterocycles. The van der Waals surface area contributed by atoms with Crippen molar-refractivity contribution in [2.45, 2.75) is 0 Å². The van der Waals surface area contributed by atoms with Crippen LogP contribution in [0.3, 0.4) is 0 Å². The van der Waals surface area contributed by atoms with Crippen LogP contribution in [-0.2, 0) is 0 Å². The lowest BCUT2D eigenvalue weighted by atomic mass is 10.0. The van der Waals surface area contributed by atoms with E-state index in [1.54, 1.807) is 11.3 Å². The predicted octanol–water partition coefficient (Wildman–Crippen LogP) is 6.75. The predicted molar refractivity (Wildman–Crippen MR) is 112 cm³/mol. The highest BCUT2D eigenvalue weighted by Crippen LogP contribution is 2.42. The zero-order valence-corrected chi connectivity index (χ0v) is 14.7. The minimum atomic E-state index is 1.07. The Hall–Kier alpha value is -3.17. The molecule has 2 aromatic heterocycles. The maximum atomic E-state index is 5.08. The molecule has 122 valence electrons. The lowest BCUT2D eigenvalue weighted by Gasteiger charge is -2.01. The topological polar surface area (TPSA) is 28.7 Å². The SMILES string of the molecule is c1ccc(-c2nc3c(s2)c2ccccc2c2[nH]c4ccccc4c32)cc1. The Balaban J connectivity index is 1.88. The van der Waals surface area contributed by atoms with Gasteiger partial charge in [-0.3, -0.25) is 0 Å². The van der Waals surface area contributed by atoms with Gasteiger partial charge >= 0.3 is 0 Å². The maximum Gasteiger partial charge on any atom is 0.124 e. The summed E-state index contributed by atoms with van der Waals surface area (Å²) in [5.74, 6) is 0. The molecular weight excluding hydrogens is 336 g/mol. The molecule has 2 nitrogen and oxygen atoms in total. The highest BCUT2D eigenvalue weighted by Gasteiger charge is 2.17. The molecule has 0 aliphatic rings. The molecule has 0 unspecified atom stereocenters. The van der Waals surface area contributed by atoms with Crippen LogP contribution in [0.2, 0.25) is 0 Å². The average Bonchev–Trinajstić information content (AvgIpc) is 3.31. The Morgan fingerprint density at radius 3 is 2.23 bits per heavy atom. The van der Waals surface area contributed by atoms with Crippen molar-refractivity contribution in [2.75, 3.05) is 0 Å². The van der Waals surface area contributed by atoms with Crippen molar-refractivity contribution >= 4 is 54.1 Å². The van der Waals surface area contributed by atoms with Crippen LogP contribution >= 0.6 is 11.3 Å². The maximum absolute atomic E-state index is 5.08. The second-order valence-corrected chi connectivity index (χ2v) is 7.53. The zero-order valence-electron chi connectivity index (χ0n) is 13.9. The van der Waals surface area contributed by atoms with Crippen molar-refractivity contribution in [1.82, 2.24) is 9.97 Å². The molecule has 0 aliphatic carbocycles. The molecule has 0 fully saturated rings. The molecule has 1 N–H and O–H groups in total. The number of hydrogen-bond acceptors (Lipinski definition) is 2. The van der Waals surface area contributed by atoms with Gasteiger partial charge in [-0.05, 0) is 6.07 Å². The van der Waals surface area contributed by atoms with E-state index in [1.165, 1.54) is 37.3 Å². The first-order valence-electron chi connectivity index (χ1n) is 8.67. The Labute approximate surface area is 153 Å². The Kier molecular flexibility index (Phi) is 2.79. The minimum absolute atomic E-state index is 1.07. The first-order chi connectivity index (χ1) is 12.9. The van der Waals surface area contributed by atoms with Crippen LogP contribution in [0.15, 0.2) is 78.9 Å². The van der Waals surface area contributed by atoms with E-state index < -0.39 is 0 Å². The van der Waals surface area contributed by atoms with E-state index >= 15 is 0 Å². The minimum Gasteiger partial charge on any atom is -0.354 e. The van der Waals surface area contributed by atoms with Crippen LogP contribution in [0.5, 0.6) is 0 Å². The normalized spacial score (nSPS) is 11.8. The molecule has 4 aromatic carbocycles. The largest absolute Gasteiger partial charge is 0.354 e. The molecular formula is C23H14N2S. The Morgan fingerprint density at radius 1 is 0.692 bits per heavy atom. The van der Waals surface area contributed by atoms with E-state index in [4.69, 9.17) is 4.98 Å². The number of hydrogen-bond donors (Lipinski definition) is 1. The third-order valence-electron chi connectivity index (χ3n) is 5.03. The molecule has 6 rings (SSSR count). The van der Waals surface area contributed by atoms with Gasteiger partial charge in [0, 0.05) is 32.6 Å². The summed E-state index contributed by atoms with van der Waals surface area (Å²) < 4.78 is 1.26. The smallest absolute Gasteiger partial charge is 0.124 e. The van der Waals surface area contributed by atoms with Crippen molar-refractivity contribution < 1.29 is 0 Å². The average molecular weight is 350 g/mol.